The van der Waals surface area contributed by atoms with Crippen LogP contribution in [-0.4, -0.2) is 5.78 Å². The van der Waals surface area contributed by atoms with Gasteiger partial charge in [-0.2, -0.15) is 0 Å². The summed E-state index contributed by atoms with van der Waals surface area (Å²) < 4.78 is 0. The molecular formula is C12H20O. The summed E-state index contributed by atoms with van der Waals surface area (Å²) >= 11 is 0. The van der Waals surface area contributed by atoms with E-state index in [2.05, 4.69) is 19.9 Å². The summed E-state index contributed by atoms with van der Waals surface area (Å²) in [4.78, 5) is 11.3. The molecule has 0 radical (unpaired) electrons. The average Bonchev–Trinajstić information content (AvgIpc) is 2.52. The molecule has 13 heavy (non-hydrogen) atoms. The highest BCUT2D eigenvalue weighted by Gasteiger charge is 2.31. The van der Waals surface area contributed by atoms with Gasteiger partial charge in [0.05, 0.1) is 0 Å². The molecule has 1 saturated carbocycles. The molecule has 1 fully saturated rings. The number of Topliss-reactive ketones (excluding diaryl/α,β-unsaturated/α-hetero) is 1. The van der Waals surface area contributed by atoms with Gasteiger partial charge in [-0.3, -0.25) is 4.79 Å². The maximum absolute atomic E-state index is 11.3. The molecule has 74 valence electrons. The predicted octanol–water partition coefficient (Wildman–Crippen LogP) is 3.35. The number of rotatable bonds is 3. The first-order valence-corrected chi connectivity index (χ1v) is 5.34. The third kappa shape index (κ3) is 2.43. The van der Waals surface area contributed by atoms with Crippen LogP contribution in [0.15, 0.2) is 11.6 Å². The van der Waals surface area contributed by atoms with Crippen molar-refractivity contribution in [2.45, 2.75) is 46.5 Å². The fourth-order valence-corrected chi connectivity index (χ4v) is 2.46. The molecule has 1 aliphatic rings. The van der Waals surface area contributed by atoms with E-state index in [1.807, 2.05) is 0 Å². The lowest BCUT2D eigenvalue weighted by Crippen LogP contribution is -2.16. The lowest BCUT2D eigenvalue weighted by atomic mass is 9.86. The number of allylic oxidation sites excluding steroid dienone is 2. The third-order valence-corrected chi connectivity index (χ3v) is 3.15. The fourth-order valence-electron chi connectivity index (χ4n) is 2.46. The highest BCUT2D eigenvalue weighted by molar-refractivity contribution is 5.79. The SMILES string of the molecule is CC/C=C(\C)C1CCCC1C(C)=O. The first kappa shape index (κ1) is 10.5. The van der Waals surface area contributed by atoms with Crippen molar-refractivity contribution >= 4 is 5.78 Å². The Morgan fingerprint density at radius 3 is 2.46 bits per heavy atom. The van der Waals surface area contributed by atoms with E-state index in [0.29, 0.717) is 17.6 Å². The van der Waals surface area contributed by atoms with Crippen LogP contribution in [0.25, 0.3) is 0 Å². The molecule has 1 rings (SSSR count). The molecule has 0 aromatic carbocycles. The first-order valence-electron chi connectivity index (χ1n) is 5.34. The predicted molar refractivity (Wildman–Crippen MR) is 55.6 cm³/mol. The molecule has 0 amide bonds. The Balaban J connectivity index is 2.68. The van der Waals surface area contributed by atoms with Crippen LogP contribution in [0.3, 0.4) is 0 Å². The molecule has 1 aliphatic carbocycles. The summed E-state index contributed by atoms with van der Waals surface area (Å²) in [6, 6.07) is 0. The lowest BCUT2D eigenvalue weighted by molar-refractivity contribution is -0.121. The highest BCUT2D eigenvalue weighted by Crippen LogP contribution is 2.37. The quantitative estimate of drug-likeness (QED) is 0.609. The highest BCUT2D eigenvalue weighted by atomic mass is 16.1. The summed E-state index contributed by atoms with van der Waals surface area (Å²) in [7, 11) is 0. The van der Waals surface area contributed by atoms with Crippen molar-refractivity contribution in [3.05, 3.63) is 11.6 Å². The second-order valence-electron chi connectivity index (χ2n) is 4.11. The van der Waals surface area contributed by atoms with Gasteiger partial charge in [-0.15, -0.1) is 0 Å². The van der Waals surface area contributed by atoms with Gasteiger partial charge in [0.2, 0.25) is 0 Å². The molecule has 0 N–H and O–H groups in total. The second-order valence-corrected chi connectivity index (χ2v) is 4.11. The normalized spacial score (nSPS) is 29.3. The number of carbonyl (C=O) groups is 1. The topological polar surface area (TPSA) is 17.1 Å². The van der Waals surface area contributed by atoms with Crippen molar-refractivity contribution in [2.75, 3.05) is 0 Å². The minimum Gasteiger partial charge on any atom is -0.300 e. The van der Waals surface area contributed by atoms with Crippen molar-refractivity contribution < 1.29 is 4.79 Å². The molecule has 2 unspecified atom stereocenters. The molecule has 1 heteroatoms. The monoisotopic (exact) mass is 180 g/mol. The molecule has 0 saturated heterocycles. The van der Waals surface area contributed by atoms with Crippen LogP contribution < -0.4 is 0 Å². The van der Waals surface area contributed by atoms with Crippen LogP contribution in [0, 0.1) is 11.8 Å². The second kappa shape index (κ2) is 4.59. The largest absolute Gasteiger partial charge is 0.300 e. The average molecular weight is 180 g/mol. The van der Waals surface area contributed by atoms with Gasteiger partial charge in [0.15, 0.2) is 0 Å². The van der Waals surface area contributed by atoms with Gasteiger partial charge in [-0.1, -0.05) is 25.0 Å². The minimum atomic E-state index is 0.322. The first-order chi connectivity index (χ1) is 6.16. The zero-order valence-electron chi connectivity index (χ0n) is 8.97. The smallest absolute Gasteiger partial charge is 0.133 e. The summed E-state index contributed by atoms with van der Waals surface area (Å²) in [6.45, 7) is 6.07. The lowest BCUT2D eigenvalue weighted by Gasteiger charge is -2.17. The standard InChI is InChI=1S/C12H20O/c1-4-6-9(2)11-7-5-8-12(11)10(3)13/h6,11-12H,4-5,7-8H2,1-3H3/b9-6+. The molecule has 0 aromatic heterocycles. The van der Waals surface area contributed by atoms with Crippen molar-refractivity contribution in [3.8, 4) is 0 Å². The van der Waals surface area contributed by atoms with Crippen LogP contribution in [0.5, 0.6) is 0 Å². The van der Waals surface area contributed by atoms with E-state index in [1.165, 1.54) is 18.4 Å². The summed E-state index contributed by atoms with van der Waals surface area (Å²) in [5.74, 6) is 1.26. The van der Waals surface area contributed by atoms with Crippen molar-refractivity contribution in [2.24, 2.45) is 11.8 Å². The molecular weight excluding hydrogens is 160 g/mol. The third-order valence-electron chi connectivity index (χ3n) is 3.15. The summed E-state index contributed by atoms with van der Waals surface area (Å²) in [6.07, 6.45) is 6.91. The van der Waals surface area contributed by atoms with Crippen molar-refractivity contribution in [1.82, 2.24) is 0 Å². The van der Waals surface area contributed by atoms with Crippen LogP contribution in [0.4, 0.5) is 0 Å². The van der Waals surface area contributed by atoms with Gasteiger partial charge in [-0.25, -0.2) is 0 Å². The van der Waals surface area contributed by atoms with Gasteiger partial charge in [0, 0.05) is 5.92 Å². The van der Waals surface area contributed by atoms with Crippen LogP contribution in [0.2, 0.25) is 0 Å². The van der Waals surface area contributed by atoms with Crippen LogP contribution in [-0.2, 0) is 4.79 Å². The number of carbonyl (C=O) groups excluding carboxylic acids is 1. The Morgan fingerprint density at radius 2 is 1.92 bits per heavy atom. The van der Waals surface area contributed by atoms with Gasteiger partial charge in [0.25, 0.3) is 0 Å². The van der Waals surface area contributed by atoms with Crippen LogP contribution >= 0.6 is 0 Å². The number of ketones is 1. The van der Waals surface area contributed by atoms with Crippen molar-refractivity contribution in [1.29, 1.82) is 0 Å². The Morgan fingerprint density at radius 1 is 1.31 bits per heavy atom. The van der Waals surface area contributed by atoms with Gasteiger partial charge >= 0.3 is 0 Å². The zero-order valence-corrected chi connectivity index (χ0v) is 8.97. The van der Waals surface area contributed by atoms with E-state index in [0.717, 1.165) is 12.8 Å². The Bertz CT molecular complexity index is 215. The van der Waals surface area contributed by atoms with Gasteiger partial charge in [0.1, 0.15) is 5.78 Å². The Hall–Kier alpha value is -0.590. The van der Waals surface area contributed by atoms with Crippen LogP contribution in [0.1, 0.15) is 46.5 Å². The maximum Gasteiger partial charge on any atom is 0.133 e. The Kier molecular flexibility index (Phi) is 3.71. The molecule has 2 atom stereocenters. The number of hydrogen-bond donors (Lipinski definition) is 0. The Labute approximate surface area is 81.2 Å². The van der Waals surface area contributed by atoms with E-state index in [9.17, 15) is 4.79 Å². The molecule has 0 aliphatic heterocycles. The molecule has 1 nitrogen and oxygen atoms in total. The van der Waals surface area contributed by atoms with E-state index in [1.54, 1.807) is 6.92 Å². The van der Waals surface area contributed by atoms with E-state index < -0.39 is 0 Å². The van der Waals surface area contributed by atoms with E-state index in [-0.39, 0.29) is 0 Å². The number of hydrogen-bond acceptors (Lipinski definition) is 1. The molecule has 0 heterocycles. The molecule has 0 aromatic rings. The van der Waals surface area contributed by atoms with E-state index in [4.69, 9.17) is 0 Å². The minimum absolute atomic E-state index is 0.322. The van der Waals surface area contributed by atoms with Gasteiger partial charge < -0.3 is 0 Å². The maximum atomic E-state index is 11.3. The van der Waals surface area contributed by atoms with Crippen molar-refractivity contribution in [3.63, 3.8) is 0 Å². The molecule has 0 bridgehead atoms. The summed E-state index contributed by atoms with van der Waals surface area (Å²) in [5.41, 5.74) is 1.43. The summed E-state index contributed by atoms with van der Waals surface area (Å²) in [5, 5.41) is 0. The van der Waals surface area contributed by atoms with E-state index >= 15 is 0 Å². The van der Waals surface area contributed by atoms with Gasteiger partial charge in [-0.05, 0) is 39.0 Å². The zero-order chi connectivity index (χ0) is 9.84. The molecule has 0 spiro atoms. The fraction of sp³-hybridized carbons (Fsp3) is 0.750.